The molecule has 0 aromatic heterocycles. The van der Waals surface area contributed by atoms with E-state index in [-0.39, 0.29) is 56.1 Å². The molecule has 0 spiro atoms. The van der Waals surface area contributed by atoms with Gasteiger partial charge in [-0.15, -0.1) is 0 Å². The lowest BCUT2D eigenvalue weighted by atomic mass is 9.47. The zero-order valence-corrected chi connectivity index (χ0v) is 33.1. The monoisotopic (exact) mass is 715 g/mol. The van der Waals surface area contributed by atoms with Crippen LogP contribution >= 0.6 is 0 Å². The Hall–Kier alpha value is -2.58. The quantitative estimate of drug-likeness (QED) is 0.0655. The van der Waals surface area contributed by atoms with E-state index in [0.29, 0.717) is 18.4 Å². The van der Waals surface area contributed by atoms with Crippen LogP contribution in [0.1, 0.15) is 144 Å². The van der Waals surface area contributed by atoms with Crippen LogP contribution in [-0.2, 0) is 28.6 Å². The molecular weight excluding hydrogens is 644 g/mol. The minimum Gasteiger partial charge on any atom is -0.469 e. The Morgan fingerprint density at radius 1 is 0.922 bits per heavy atom. The molecule has 0 bridgehead atoms. The molecule has 3 fully saturated rings. The van der Waals surface area contributed by atoms with Crippen LogP contribution in [0.15, 0.2) is 11.6 Å². The van der Waals surface area contributed by atoms with E-state index < -0.39 is 11.9 Å². The van der Waals surface area contributed by atoms with Crippen LogP contribution in [0.5, 0.6) is 0 Å². The fraction of sp³-hybridized carbons (Fsp3) is 0.857. The first-order valence-corrected chi connectivity index (χ1v) is 20.5. The van der Waals surface area contributed by atoms with Crippen molar-refractivity contribution >= 4 is 23.9 Å². The summed E-state index contributed by atoms with van der Waals surface area (Å²) in [7, 11) is 1.29. The highest BCUT2D eigenvalue weighted by Crippen LogP contribution is 2.67. The SMILES string of the molecule is CCOC(=O)CN(CCC(=O)OC)C(=O)CCCCCNC(=O)O[C@H]1CC[C@@]2(C)C(=CCC3C4CCC(C(C)CCCC(C)C)[C@@]4(C)CCC32)C1. The lowest BCUT2D eigenvalue weighted by molar-refractivity contribution is -0.150. The third kappa shape index (κ3) is 10.5. The summed E-state index contributed by atoms with van der Waals surface area (Å²) in [6, 6.07) is 0. The number of nitrogens with zero attached hydrogens (tertiary/aromatic N) is 1. The third-order valence-corrected chi connectivity index (χ3v) is 13.7. The van der Waals surface area contributed by atoms with Crippen LogP contribution in [0.25, 0.3) is 0 Å². The van der Waals surface area contributed by atoms with E-state index in [1.165, 1.54) is 68.9 Å². The summed E-state index contributed by atoms with van der Waals surface area (Å²) in [5.41, 5.74) is 2.25. The van der Waals surface area contributed by atoms with Gasteiger partial charge in [0.2, 0.25) is 5.91 Å². The maximum Gasteiger partial charge on any atom is 0.407 e. The van der Waals surface area contributed by atoms with E-state index >= 15 is 0 Å². The second-order valence-electron chi connectivity index (χ2n) is 17.2. The van der Waals surface area contributed by atoms with Crippen LogP contribution in [0.3, 0.4) is 0 Å². The van der Waals surface area contributed by atoms with Gasteiger partial charge in [0.1, 0.15) is 12.6 Å². The number of amides is 2. The van der Waals surface area contributed by atoms with Crippen LogP contribution in [0.2, 0.25) is 0 Å². The van der Waals surface area contributed by atoms with Gasteiger partial charge in [0.25, 0.3) is 0 Å². The first-order chi connectivity index (χ1) is 24.3. The van der Waals surface area contributed by atoms with E-state index in [2.05, 4.69) is 50.7 Å². The fourth-order valence-corrected chi connectivity index (χ4v) is 10.9. The Kier molecular flexibility index (Phi) is 15.3. The molecule has 9 nitrogen and oxygen atoms in total. The number of methoxy groups -OCH3 is 1. The second-order valence-corrected chi connectivity index (χ2v) is 17.2. The highest BCUT2D eigenvalue weighted by Gasteiger charge is 2.59. The van der Waals surface area contributed by atoms with Crippen LogP contribution in [0.4, 0.5) is 4.79 Å². The normalized spacial score (nSPS) is 30.3. The van der Waals surface area contributed by atoms with Crippen molar-refractivity contribution in [3.8, 4) is 0 Å². The lowest BCUT2D eigenvalue weighted by Crippen LogP contribution is -2.51. The molecule has 3 saturated carbocycles. The predicted molar refractivity (Wildman–Crippen MR) is 200 cm³/mol. The van der Waals surface area contributed by atoms with Crippen molar-refractivity contribution in [3.05, 3.63) is 11.6 Å². The predicted octanol–water partition coefficient (Wildman–Crippen LogP) is 8.64. The second kappa shape index (κ2) is 19.0. The number of ether oxygens (including phenoxy) is 3. The standard InChI is InChI=1S/C42H70N2O7/c1-8-50-39(47)28-44(26-22-38(46)49-7)37(45)15-10-9-11-25-43-40(48)51-32-20-23-41(5)31(27-32)16-17-33-35-19-18-34(30(4)14-12-13-29(2)3)42(35,6)24-21-36(33)41/h16,29-30,32-36H,8-15,17-28H2,1-7H3,(H,43,48)/t30?,32-,33?,34?,35?,36?,41-,42+/m0/s1. The molecule has 5 unspecified atom stereocenters. The summed E-state index contributed by atoms with van der Waals surface area (Å²) in [6.45, 7) is 14.8. The average molecular weight is 715 g/mol. The number of fused-ring (bicyclic) bond motifs is 5. The Bertz CT molecular complexity index is 1220. The Morgan fingerprint density at radius 2 is 1.71 bits per heavy atom. The molecule has 0 heterocycles. The largest absolute Gasteiger partial charge is 0.469 e. The number of alkyl carbamates (subject to hydrolysis) is 1. The molecular formula is C42H70N2O7. The highest BCUT2D eigenvalue weighted by atomic mass is 16.6. The Morgan fingerprint density at radius 3 is 2.43 bits per heavy atom. The van der Waals surface area contributed by atoms with Gasteiger partial charge >= 0.3 is 18.0 Å². The van der Waals surface area contributed by atoms with Crippen molar-refractivity contribution < 1.29 is 33.4 Å². The fourth-order valence-electron chi connectivity index (χ4n) is 10.9. The smallest absolute Gasteiger partial charge is 0.407 e. The van der Waals surface area contributed by atoms with E-state index in [1.54, 1.807) is 6.92 Å². The molecule has 51 heavy (non-hydrogen) atoms. The third-order valence-electron chi connectivity index (χ3n) is 13.7. The number of rotatable bonds is 18. The first kappa shape index (κ1) is 41.2. The number of unbranched alkanes of at least 4 members (excludes halogenated alkanes) is 2. The average Bonchev–Trinajstić information content (AvgIpc) is 3.45. The van der Waals surface area contributed by atoms with E-state index in [1.807, 2.05) is 0 Å². The van der Waals surface area contributed by atoms with E-state index in [9.17, 15) is 19.2 Å². The molecule has 4 aliphatic rings. The maximum absolute atomic E-state index is 12.8. The number of esters is 2. The summed E-state index contributed by atoms with van der Waals surface area (Å²) in [6.07, 6.45) is 18.2. The van der Waals surface area contributed by atoms with Gasteiger partial charge in [-0.1, -0.05) is 72.0 Å². The number of nitrogens with one attached hydrogen (secondary N) is 1. The van der Waals surface area contributed by atoms with Crippen LogP contribution < -0.4 is 5.32 Å². The minimum absolute atomic E-state index is 0.0187. The van der Waals surface area contributed by atoms with Gasteiger partial charge in [-0.3, -0.25) is 14.4 Å². The maximum atomic E-state index is 12.8. The molecule has 2 amide bonds. The van der Waals surface area contributed by atoms with Crippen molar-refractivity contribution in [2.24, 2.45) is 46.3 Å². The summed E-state index contributed by atoms with van der Waals surface area (Å²) in [4.78, 5) is 50.4. The molecule has 4 aliphatic carbocycles. The topological polar surface area (TPSA) is 111 Å². The molecule has 0 aliphatic heterocycles. The van der Waals surface area contributed by atoms with Gasteiger partial charge in [-0.05, 0) is 111 Å². The molecule has 0 saturated heterocycles. The van der Waals surface area contributed by atoms with Gasteiger partial charge in [-0.2, -0.15) is 0 Å². The first-order valence-electron chi connectivity index (χ1n) is 20.5. The summed E-state index contributed by atoms with van der Waals surface area (Å²) < 4.78 is 15.6. The van der Waals surface area contributed by atoms with Crippen LogP contribution in [0, 0.1) is 46.3 Å². The number of carbonyl (C=O) groups excluding carboxylic acids is 4. The van der Waals surface area contributed by atoms with Gasteiger partial charge in [-0.25, -0.2) is 4.79 Å². The molecule has 290 valence electrons. The van der Waals surface area contributed by atoms with Gasteiger partial charge in [0.15, 0.2) is 0 Å². The highest BCUT2D eigenvalue weighted by molar-refractivity contribution is 5.82. The van der Waals surface area contributed by atoms with Gasteiger partial charge in [0, 0.05) is 25.9 Å². The molecule has 0 radical (unpaired) electrons. The number of hydrogen-bond donors (Lipinski definition) is 1. The Labute approximate surface area is 308 Å². The molecule has 9 heteroatoms. The zero-order chi connectivity index (χ0) is 37.2. The molecule has 4 rings (SSSR count). The van der Waals surface area contributed by atoms with Crippen molar-refractivity contribution in [2.45, 2.75) is 150 Å². The lowest BCUT2D eigenvalue weighted by Gasteiger charge is -2.58. The van der Waals surface area contributed by atoms with Crippen LogP contribution in [-0.4, -0.2) is 68.3 Å². The zero-order valence-electron chi connectivity index (χ0n) is 33.1. The number of allylic oxidation sites excluding steroid dienone is 1. The molecule has 0 aromatic rings. The minimum atomic E-state index is -0.499. The molecule has 0 aromatic carbocycles. The number of carbonyl (C=O) groups is 4. The summed E-state index contributed by atoms with van der Waals surface area (Å²) >= 11 is 0. The van der Waals surface area contributed by atoms with E-state index in [0.717, 1.165) is 67.6 Å². The van der Waals surface area contributed by atoms with Gasteiger partial charge in [0.05, 0.1) is 20.1 Å². The van der Waals surface area contributed by atoms with Crippen molar-refractivity contribution in [3.63, 3.8) is 0 Å². The Balaban J connectivity index is 1.18. The van der Waals surface area contributed by atoms with E-state index in [4.69, 9.17) is 9.47 Å². The van der Waals surface area contributed by atoms with Crippen molar-refractivity contribution in [1.82, 2.24) is 10.2 Å². The molecule has 1 N–H and O–H groups in total. The van der Waals surface area contributed by atoms with Crippen molar-refractivity contribution in [2.75, 3.05) is 33.4 Å². The summed E-state index contributed by atoms with van der Waals surface area (Å²) in [5, 5.41) is 2.92. The van der Waals surface area contributed by atoms with Gasteiger partial charge < -0.3 is 24.4 Å². The number of hydrogen-bond acceptors (Lipinski definition) is 7. The van der Waals surface area contributed by atoms with Crippen molar-refractivity contribution in [1.29, 1.82) is 0 Å². The molecule has 8 atom stereocenters. The summed E-state index contributed by atoms with van der Waals surface area (Å²) in [5.74, 6) is 3.75.